The Bertz CT molecular complexity index is 713. The summed E-state index contributed by atoms with van der Waals surface area (Å²) in [5.41, 5.74) is 0.554. The van der Waals surface area contributed by atoms with Gasteiger partial charge >= 0.3 is 0 Å². The molecule has 1 heterocycles. The molecular formula is C18H24N4O3. The van der Waals surface area contributed by atoms with Gasteiger partial charge in [0.2, 0.25) is 0 Å². The molecule has 1 aromatic carbocycles. The number of hydrogen-bond donors (Lipinski definition) is 1. The van der Waals surface area contributed by atoms with Gasteiger partial charge in [-0.3, -0.25) is 14.9 Å². The number of aromatic nitrogens is 2. The first-order chi connectivity index (χ1) is 12.1. The smallest absolute Gasteiger partial charge is 0.294 e. The van der Waals surface area contributed by atoms with Crippen LogP contribution in [0.5, 0.6) is 0 Å². The van der Waals surface area contributed by atoms with Crippen molar-refractivity contribution in [3.8, 4) is 5.69 Å². The molecule has 1 atom stereocenters. The van der Waals surface area contributed by atoms with E-state index in [0.717, 1.165) is 25.7 Å². The maximum Gasteiger partial charge on any atom is 0.294 e. The second-order valence-corrected chi connectivity index (χ2v) is 6.06. The molecule has 2 aromatic rings. The van der Waals surface area contributed by atoms with E-state index >= 15 is 0 Å². The number of nitrogens with zero attached hydrogens (tertiary/aromatic N) is 3. The summed E-state index contributed by atoms with van der Waals surface area (Å²) < 4.78 is 1.55. The molecule has 2 rings (SSSR count). The summed E-state index contributed by atoms with van der Waals surface area (Å²) in [6, 6.07) is 4.49. The number of amides is 1. The SMILES string of the molecule is CCCCC(CC)CNC(=O)c1ccc(-n2ccnc2)c([N+](=O)[O-])c1. The number of carbonyl (C=O) groups is 1. The fourth-order valence-electron chi connectivity index (χ4n) is 2.71. The van der Waals surface area contributed by atoms with E-state index in [1.54, 1.807) is 29.1 Å². The fraction of sp³-hybridized carbons (Fsp3) is 0.444. The van der Waals surface area contributed by atoms with E-state index < -0.39 is 4.92 Å². The third-order valence-corrected chi connectivity index (χ3v) is 4.31. The van der Waals surface area contributed by atoms with Gasteiger partial charge in [0.25, 0.3) is 11.6 Å². The molecule has 0 aliphatic heterocycles. The van der Waals surface area contributed by atoms with Crippen molar-refractivity contribution in [2.75, 3.05) is 6.54 Å². The number of imidazole rings is 1. The fourth-order valence-corrected chi connectivity index (χ4v) is 2.71. The highest BCUT2D eigenvalue weighted by molar-refractivity contribution is 5.95. The molecule has 0 aliphatic carbocycles. The van der Waals surface area contributed by atoms with Gasteiger partial charge in [-0.05, 0) is 24.5 Å². The van der Waals surface area contributed by atoms with Crippen molar-refractivity contribution in [3.05, 3.63) is 52.6 Å². The quantitative estimate of drug-likeness (QED) is 0.554. The number of nitrogens with one attached hydrogen (secondary N) is 1. The van der Waals surface area contributed by atoms with E-state index in [2.05, 4.69) is 24.1 Å². The number of nitro groups is 1. The monoisotopic (exact) mass is 344 g/mol. The van der Waals surface area contributed by atoms with Gasteiger partial charge in [-0.15, -0.1) is 0 Å². The molecular weight excluding hydrogens is 320 g/mol. The molecule has 0 bridgehead atoms. The predicted molar refractivity (Wildman–Crippen MR) is 95.9 cm³/mol. The number of nitro benzene ring substituents is 1. The van der Waals surface area contributed by atoms with E-state index in [-0.39, 0.29) is 11.6 Å². The highest BCUT2D eigenvalue weighted by Crippen LogP contribution is 2.24. The Labute approximate surface area is 147 Å². The van der Waals surface area contributed by atoms with Crippen molar-refractivity contribution in [2.45, 2.75) is 39.5 Å². The zero-order chi connectivity index (χ0) is 18.2. The normalized spacial score (nSPS) is 11.9. The topological polar surface area (TPSA) is 90.1 Å². The molecule has 1 N–H and O–H groups in total. The molecule has 0 radical (unpaired) electrons. The number of hydrogen-bond acceptors (Lipinski definition) is 4. The summed E-state index contributed by atoms with van der Waals surface area (Å²) in [7, 11) is 0. The van der Waals surface area contributed by atoms with Crippen LogP contribution < -0.4 is 5.32 Å². The zero-order valence-corrected chi connectivity index (χ0v) is 14.6. The van der Waals surface area contributed by atoms with Gasteiger partial charge in [-0.25, -0.2) is 4.98 Å². The average molecular weight is 344 g/mol. The Kier molecular flexibility index (Phi) is 6.68. The Hall–Kier alpha value is -2.70. The minimum Gasteiger partial charge on any atom is -0.352 e. The van der Waals surface area contributed by atoms with Crippen LogP contribution in [0.2, 0.25) is 0 Å². The third-order valence-electron chi connectivity index (χ3n) is 4.31. The van der Waals surface area contributed by atoms with Crippen LogP contribution >= 0.6 is 0 Å². The van der Waals surface area contributed by atoms with Gasteiger partial charge in [0.15, 0.2) is 0 Å². The minimum absolute atomic E-state index is 0.122. The molecule has 1 amide bonds. The Morgan fingerprint density at radius 2 is 2.20 bits per heavy atom. The summed E-state index contributed by atoms with van der Waals surface area (Å²) in [5, 5.41) is 14.3. The summed E-state index contributed by atoms with van der Waals surface area (Å²) in [6.07, 6.45) is 9.01. The van der Waals surface area contributed by atoms with Gasteiger partial charge in [0.05, 0.1) is 11.3 Å². The standard InChI is InChI=1S/C18H24N4O3/c1-3-5-6-14(4-2)12-20-18(23)15-7-8-16(17(11-15)22(24)25)21-10-9-19-13-21/h7-11,13-14H,3-6,12H2,1-2H3,(H,20,23). The number of carbonyl (C=O) groups excluding carboxylic acids is 1. The lowest BCUT2D eigenvalue weighted by Gasteiger charge is -2.15. The van der Waals surface area contributed by atoms with Crippen LogP contribution in [-0.4, -0.2) is 26.9 Å². The van der Waals surface area contributed by atoms with E-state index in [0.29, 0.717) is 23.7 Å². The number of benzene rings is 1. The predicted octanol–water partition coefficient (Wildman–Crippen LogP) is 3.73. The largest absolute Gasteiger partial charge is 0.352 e. The van der Waals surface area contributed by atoms with E-state index in [9.17, 15) is 14.9 Å². The summed E-state index contributed by atoms with van der Waals surface area (Å²) in [4.78, 5) is 27.1. The van der Waals surface area contributed by atoms with Crippen LogP contribution in [0.1, 0.15) is 49.9 Å². The second-order valence-electron chi connectivity index (χ2n) is 6.06. The minimum atomic E-state index is -0.484. The molecule has 1 unspecified atom stereocenters. The van der Waals surface area contributed by atoms with Crippen molar-refractivity contribution in [2.24, 2.45) is 5.92 Å². The lowest BCUT2D eigenvalue weighted by atomic mass is 9.99. The Morgan fingerprint density at radius 3 is 2.80 bits per heavy atom. The molecule has 7 heteroatoms. The second kappa shape index (κ2) is 8.96. The average Bonchev–Trinajstić information content (AvgIpc) is 3.15. The maximum absolute atomic E-state index is 12.4. The maximum atomic E-state index is 12.4. The van der Waals surface area contributed by atoms with Crippen molar-refractivity contribution >= 4 is 11.6 Å². The Balaban J connectivity index is 2.12. The number of rotatable bonds is 9. The molecule has 134 valence electrons. The molecule has 0 fully saturated rings. The van der Waals surface area contributed by atoms with Crippen molar-refractivity contribution in [1.29, 1.82) is 0 Å². The van der Waals surface area contributed by atoms with Gasteiger partial charge in [0.1, 0.15) is 5.69 Å². The van der Waals surface area contributed by atoms with Crippen molar-refractivity contribution in [3.63, 3.8) is 0 Å². The van der Waals surface area contributed by atoms with E-state index in [1.165, 1.54) is 12.4 Å². The first kappa shape index (κ1) is 18.6. The van der Waals surface area contributed by atoms with Crippen LogP contribution in [0.4, 0.5) is 5.69 Å². The Morgan fingerprint density at radius 1 is 1.40 bits per heavy atom. The van der Waals surface area contributed by atoms with E-state index in [4.69, 9.17) is 0 Å². The summed E-state index contributed by atoms with van der Waals surface area (Å²) in [5.74, 6) is 0.152. The lowest BCUT2D eigenvalue weighted by molar-refractivity contribution is -0.384. The summed E-state index contributed by atoms with van der Waals surface area (Å²) >= 11 is 0. The molecule has 7 nitrogen and oxygen atoms in total. The molecule has 1 aromatic heterocycles. The van der Waals surface area contributed by atoms with Crippen LogP contribution in [0, 0.1) is 16.0 Å². The molecule has 0 saturated carbocycles. The molecule has 0 spiro atoms. The molecule has 0 saturated heterocycles. The number of unbranched alkanes of at least 4 members (excludes halogenated alkanes) is 1. The van der Waals surface area contributed by atoms with Crippen LogP contribution in [-0.2, 0) is 0 Å². The van der Waals surface area contributed by atoms with Gasteiger partial charge in [0, 0.05) is 30.6 Å². The van der Waals surface area contributed by atoms with Crippen LogP contribution in [0.15, 0.2) is 36.9 Å². The zero-order valence-electron chi connectivity index (χ0n) is 14.6. The summed E-state index contributed by atoms with van der Waals surface area (Å²) in [6.45, 7) is 4.84. The van der Waals surface area contributed by atoms with Crippen molar-refractivity contribution in [1.82, 2.24) is 14.9 Å². The van der Waals surface area contributed by atoms with Crippen LogP contribution in [0.3, 0.4) is 0 Å². The van der Waals surface area contributed by atoms with E-state index in [1.807, 2.05) is 0 Å². The lowest BCUT2D eigenvalue weighted by Crippen LogP contribution is -2.29. The highest BCUT2D eigenvalue weighted by atomic mass is 16.6. The molecule has 0 aliphatic rings. The van der Waals surface area contributed by atoms with Crippen molar-refractivity contribution < 1.29 is 9.72 Å². The van der Waals surface area contributed by atoms with Gasteiger partial charge in [-0.1, -0.05) is 33.1 Å². The van der Waals surface area contributed by atoms with Gasteiger partial charge < -0.3 is 9.88 Å². The first-order valence-corrected chi connectivity index (χ1v) is 8.61. The van der Waals surface area contributed by atoms with Gasteiger partial charge in [-0.2, -0.15) is 0 Å². The molecule has 25 heavy (non-hydrogen) atoms. The first-order valence-electron chi connectivity index (χ1n) is 8.61. The highest BCUT2D eigenvalue weighted by Gasteiger charge is 2.19. The van der Waals surface area contributed by atoms with Crippen LogP contribution in [0.25, 0.3) is 5.69 Å². The third kappa shape index (κ3) is 4.89.